The molecule has 1 heterocycles. The maximum Gasteiger partial charge on any atom is 0.0553 e. The predicted molar refractivity (Wildman–Crippen MR) is 83.5 cm³/mol. The molecule has 1 aromatic rings. The normalized spacial score (nSPS) is 11.0. The summed E-state index contributed by atoms with van der Waals surface area (Å²) in [6.07, 6.45) is 0. The van der Waals surface area contributed by atoms with E-state index in [1.54, 1.807) is 0 Å². The number of nitrogens with zero attached hydrogens (tertiary/aromatic N) is 2. The van der Waals surface area contributed by atoms with Crippen molar-refractivity contribution in [2.24, 2.45) is 0 Å². The van der Waals surface area contributed by atoms with Crippen LogP contribution in [0.1, 0.15) is 11.4 Å². The van der Waals surface area contributed by atoms with Gasteiger partial charge in [-0.25, -0.2) is 3.11 Å². The van der Waals surface area contributed by atoms with Crippen molar-refractivity contribution in [1.82, 2.24) is 16.9 Å². The van der Waals surface area contributed by atoms with Crippen molar-refractivity contribution < 1.29 is 0 Å². The first kappa shape index (κ1) is 14.6. The SMILES string of the molecule is CN(I)CCNCc1cccc(CNI)n1. The first-order valence-electron chi connectivity index (χ1n) is 5.08. The summed E-state index contributed by atoms with van der Waals surface area (Å²) in [5.41, 5.74) is 2.18. The van der Waals surface area contributed by atoms with Gasteiger partial charge in [0.25, 0.3) is 0 Å². The Balaban J connectivity index is 2.33. The molecule has 0 aliphatic carbocycles. The lowest BCUT2D eigenvalue weighted by Crippen LogP contribution is -2.23. The molecule has 0 atom stereocenters. The van der Waals surface area contributed by atoms with E-state index in [0.717, 1.165) is 37.6 Å². The molecule has 0 bridgehead atoms. The molecular weight excluding hydrogens is 430 g/mol. The van der Waals surface area contributed by atoms with Crippen molar-refractivity contribution in [3.8, 4) is 0 Å². The lowest BCUT2D eigenvalue weighted by atomic mass is 10.3. The van der Waals surface area contributed by atoms with E-state index in [0.29, 0.717) is 0 Å². The summed E-state index contributed by atoms with van der Waals surface area (Å²) in [6.45, 7) is 3.66. The van der Waals surface area contributed by atoms with Crippen LogP contribution in [0.15, 0.2) is 18.2 Å². The largest absolute Gasteiger partial charge is 0.310 e. The third-order valence-electron chi connectivity index (χ3n) is 2.02. The number of rotatable bonds is 7. The van der Waals surface area contributed by atoms with E-state index in [1.807, 2.05) is 6.07 Å². The van der Waals surface area contributed by atoms with Gasteiger partial charge in [-0.15, -0.1) is 0 Å². The minimum atomic E-state index is 0.810. The summed E-state index contributed by atoms with van der Waals surface area (Å²) in [5, 5.41) is 3.37. The highest BCUT2D eigenvalue weighted by atomic mass is 127. The molecule has 0 amide bonds. The van der Waals surface area contributed by atoms with Crippen LogP contribution in [0.3, 0.4) is 0 Å². The summed E-state index contributed by atoms with van der Waals surface area (Å²) in [5.74, 6) is 0. The summed E-state index contributed by atoms with van der Waals surface area (Å²) in [7, 11) is 2.06. The molecule has 0 spiro atoms. The standard InChI is InChI=1S/C10H16I2N4/c1-16(12)6-5-13-7-9-3-2-4-10(15-9)8-14-11/h2-4,13-14H,5-8H2,1H3. The lowest BCUT2D eigenvalue weighted by molar-refractivity contribution is 0.554. The van der Waals surface area contributed by atoms with Gasteiger partial charge >= 0.3 is 0 Å². The highest BCUT2D eigenvalue weighted by molar-refractivity contribution is 14.1. The van der Waals surface area contributed by atoms with Crippen molar-refractivity contribution in [2.45, 2.75) is 13.1 Å². The molecule has 90 valence electrons. The minimum absolute atomic E-state index is 0.810. The van der Waals surface area contributed by atoms with Gasteiger partial charge in [-0.3, -0.25) is 8.51 Å². The predicted octanol–water partition coefficient (Wildman–Crippen LogP) is 1.89. The molecule has 0 saturated heterocycles. The van der Waals surface area contributed by atoms with Gasteiger partial charge < -0.3 is 5.32 Å². The Labute approximate surface area is 125 Å². The molecule has 0 aliphatic rings. The summed E-state index contributed by atoms with van der Waals surface area (Å²) in [4.78, 5) is 4.53. The Kier molecular flexibility index (Phi) is 7.79. The van der Waals surface area contributed by atoms with E-state index in [4.69, 9.17) is 0 Å². The van der Waals surface area contributed by atoms with Gasteiger partial charge in [0.15, 0.2) is 0 Å². The third-order valence-corrected chi connectivity index (χ3v) is 2.88. The van der Waals surface area contributed by atoms with E-state index in [1.165, 1.54) is 0 Å². The van der Waals surface area contributed by atoms with E-state index in [-0.39, 0.29) is 0 Å². The zero-order chi connectivity index (χ0) is 11.8. The molecule has 0 fully saturated rings. The Morgan fingerprint density at radius 1 is 1.31 bits per heavy atom. The van der Waals surface area contributed by atoms with Crippen LogP contribution < -0.4 is 8.85 Å². The highest BCUT2D eigenvalue weighted by Gasteiger charge is 1.97. The maximum atomic E-state index is 4.53. The minimum Gasteiger partial charge on any atom is -0.310 e. The summed E-state index contributed by atoms with van der Waals surface area (Å²) >= 11 is 4.41. The van der Waals surface area contributed by atoms with Crippen LogP contribution in [0.5, 0.6) is 0 Å². The molecule has 2 N–H and O–H groups in total. The Bertz CT molecular complexity index is 307. The Morgan fingerprint density at radius 2 is 2.00 bits per heavy atom. The van der Waals surface area contributed by atoms with Crippen molar-refractivity contribution in [3.63, 3.8) is 0 Å². The van der Waals surface area contributed by atoms with E-state index >= 15 is 0 Å². The molecule has 6 heteroatoms. The second kappa shape index (κ2) is 8.56. The topological polar surface area (TPSA) is 40.2 Å². The molecule has 0 saturated carbocycles. The number of pyridine rings is 1. The molecule has 1 rings (SSSR count). The van der Waals surface area contributed by atoms with Gasteiger partial charge in [0.05, 0.1) is 11.4 Å². The zero-order valence-corrected chi connectivity index (χ0v) is 13.5. The zero-order valence-electron chi connectivity index (χ0n) is 9.21. The number of likely N-dealkylation sites (N-methyl/N-ethyl adjacent to an activating group) is 1. The van der Waals surface area contributed by atoms with Crippen molar-refractivity contribution in [1.29, 1.82) is 0 Å². The van der Waals surface area contributed by atoms with Crippen molar-refractivity contribution in [2.75, 3.05) is 20.1 Å². The first-order valence-corrected chi connectivity index (χ1v) is 7.12. The number of halogens is 2. The van der Waals surface area contributed by atoms with Gasteiger partial charge in [0.1, 0.15) is 0 Å². The van der Waals surface area contributed by atoms with Crippen LogP contribution >= 0.6 is 45.7 Å². The molecule has 1 aromatic heterocycles. The molecule has 0 aliphatic heterocycles. The molecule has 0 aromatic carbocycles. The average molecular weight is 446 g/mol. The smallest absolute Gasteiger partial charge is 0.0553 e. The second-order valence-corrected chi connectivity index (χ2v) is 5.85. The van der Waals surface area contributed by atoms with Gasteiger partial charge in [0, 0.05) is 71.9 Å². The van der Waals surface area contributed by atoms with Crippen LogP contribution in [-0.4, -0.2) is 28.2 Å². The van der Waals surface area contributed by atoms with Crippen LogP contribution in [0.2, 0.25) is 0 Å². The van der Waals surface area contributed by atoms with E-state index in [2.05, 4.69) is 81.9 Å². The van der Waals surface area contributed by atoms with Gasteiger partial charge in [0.2, 0.25) is 0 Å². The summed E-state index contributed by atoms with van der Waals surface area (Å²) in [6, 6.07) is 6.14. The quantitative estimate of drug-likeness (QED) is 0.382. The fourth-order valence-electron chi connectivity index (χ4n) is 1.24. The monoisotopic (exact) mass is 446 g/mol. The second-order valence-electron chi connectivity index (χ2n) is 3.44. The van der Waals surface area contributed by atoms with Crippen LogP contribution in [0.25, 0.3) is 0 Å². The molecular formula is C10H16I2N4. The summed E-state index contributed by atoms with van der Waals surface area (Å²) < 4.78 is 5.21. The maximum absolute atomic E-state index is 4.53. The number of hydrogen-bond donors (Lipinski definition) is 2. The lowest BCUT2D eigenvalue weighted by Gasteiger charge is -2.08. The highest BCUT2D eigenvalue weighted by Crippen LogP contribution is 2.00. The van der Waals surface area contributed by atoms with E-state index in [9.17, 15) is 0 Å². The Morgan fingerprint density at radius 3 is 2.62 bits per heavy atom. The van der Waals surface area contributed by atoms with Crippen LogP contribution in [-0.2, 0) is 13.1 Å². The van der Waals surface area contributed by atoms with Crippen LogP contribution in [0.4, 0.5) is 0 Å². The van der Waals surface area contributed by atoms with Crippen molar-refractivity contribution >= 4 is 45.7 Å². The van der Waals surface area contributed by atoms with Crippen LogP contribution in [0, 0.1) is 0 Å². The van der Waals surface area contributed by atoms with Gasteiger partial charge in [-0.2, -0.15) is 0 Å². The number of nitrogens with one attached hydrogen (secondary N) is 2. The van der Waals surface area contributed by atoms with Gasteiger partial charge in [-0.1, -0.05) is 6.07 Å². The molecule has 4 nitrogen and oxygen atoms in total. The van der Waals surface area contributed by atoms with Gasteiger partial charge in [-0.05, 0) is 19.2 Å². The molecule has 0 radical (unpaired) electrons. The molecule has 16 heavy (non-hydrogen) atoms. The van der Waals surface area contributed by atoms with Crippen molar-refractivity contribution in [3.05, 3.63) is 29.6 Å². The number of hydrogen-bond acceptors (Lipinski definition) is 4. The molecule has 0 unspecified atom stereocenters. The third kappa shape index (κ3) is 6.28. The first-order chi connectivity index (χ1) is 7.72. The Hall–Kier alpha value is 0.490. The fourth-order valence-corrected chi connectivity index (χ4v) is 1.88. The number of aromatic nitrogens is 1. The van der Waals surface area contributed by atoms with E-state index < -0.39 is 0 Å². The average Bonchev–Trinajstić information content (AvgIpc) is 2.25. The fraction of sp³-hybridized carbons (Fsp3) is 0.500.